The Morgan fingerprint density at radius 3 is 2.33 bits per heavy atom. The first-order valence-corrected chi connectivity index (χ1v) is 11.3. The lowest BCUT2D eigenvalue weighted by Crippen LogP contribution is -2.50. The fraction of sp³-hybridized carbons (Fsp3) is 0.688. The maximum absolute atomic E-state index is 6.38. The van der Waals surface area contributed by atoms with Gasteiger partial charge in [-0.15, -0.1) is 0 Å². The molecule has 0 bridgehead atoms. The van der Waals surface area contributed by atoms with E-state index in [4.69, 9.17) is 9.16 Å². The van der Waals surface area contributed by atoms with Crippen molar-refractivity contribution in [3.8, 4) is 5.88 Å². The lowest BCUT2D eigenvalue weighted by molar-refractivity contribution is -0.00533. The molecule has 1 aromatic rings. The van der Waals surface area contributed by atoms with E-state index in [1.807, 2.05) is 19.1 Å². The van der Waals surface area contributed by atoms with Gasteiger partial charge in [0, 0.05) is 23.4 Å². The molecule has 1 fully saturated rings. The highest BCUT2D eigenvalue weighted by Gasteiger charge is 2.43. The van der Waals surface area contributed by atoms with Crippen LogP contribution in [0.4, 0.5) is 0 Å². The zero-order chi connectivity index (χ0) is 15.8. The van der Waals surface area contributed by atoms with Gasteiger partial charge >= 0.3 is 0 Å². The van der Waals surface area contributed by atoms with Crippen molar-refractivity contribution < 1.29 is 9.16 Å². The first kappa shape index (κ1) is 17.0. The zero-order valence-electron chi connectivity index (χ0n) is 13.9. The fourth-order valence-corrected chi connectivity index (χ4v) is 3.66. The third kappa shape index (κ3) is 4.08. The lowest BCUT2D eigenvalue weighted by atomic mass is 9.92. The van der Waals surface area contributed by atoms with Crippen LogP contribution in [0.1, 0.15) is 39.3 Å². The third-order valence-corrected chi connectivity index (χ3v) is 9.98. The van der Waals surface area contributed by atoms with Crippen LogP contribution in [0.3, 0.4) is 0 Å². The topological polar surface area (TPSA) is 31.4 Å². The Morgan fingerprint density at radius 2 is 1.81 bits per heavy atom. The highest BCUT2D eigenvalue weighted by molar-refractivity contribution is 9.10. The van der Waals surface area contributed by atoms with Gasteiger partial charge in [0.15, 0.2) is 8.32 Å². The highest BCUT2D eigenvalue weighted by Crippen LogP contribution is 2.40. The maximum atomic E-state index is 6.38. The van der Waals surface area contributed by atoms with Crippen LogP contribution in [0, 0.1) is 6.92 Å². The maximum Gasteiger partial charge on any atom is 0.213 e. The van der Waals surface area contributed by atoms with Crippen LogP contribution < -0.4 is 4.74 Å². The van der Waals surface area contributed by atoms with Gasteiger partial charge in [0.2, 0.25) is 5.88 Å². The number of ether oxygens (including phenoxy) is 1. The van der Waals surface area contributed by atoms with Crippen molar-refractivity contribution >= 4 is 24.2 Å². The summed E-state index contributed by atoms with van der Waals surface area (Å²) < 4.78 is 13.3. The van der Waals surface area contributed by atoms with Crippen LogP contribution in [0.2, 0.25) is 18.1 Å². The highest BCUT2D eigenvalue weighted by atomic mass is 79.9. The van der Waals surface area contributed by atoms with Crippen LogP contribution in [-0.2, 0) is 4.43 Å². The Hall–Kier alpha value is -0.393. The molecule has 0 amide bonds. The lowest BCUT2D eigenvalue weighted by Gasteiger charge is -2.44. The molecule has 0 atom stereocenters. The average molecular weight is 372 g/mol. The van der Waals surface area contributed by atoms with Gasteiger partial charge in [-0.25, -0.2) is 4.98 Å². The number of halogens is 1. The summed E-state index contributed by atoms with van der Waals surface area (Å²) in [7, 11) is -1.65. The van der Waals surface area contributed by atoms with Crippen LogP contribution in [0.5, 0.6) is 5.88 Å². The van der Waals surface area contributed by atoms with Gasteiger partial charge < -0.3 is 9.16 Å². The first-order valence-electron chi connectivity index (χ1n) is 7.56. The minimum atomic E-state index is -1.65. The number of nitrogens with zero attached hydrogens (tertiary/aromatic N) is 1. The molecule has 118 valence electrons. The van der Waals surface area contributed by atoms with E-state index in [0.717, 1.165) is 23.0 Å². The second-order valence-corrected chi connectivity index (χ2v) is 13.0. The van der Waals surface area contributed by atoms with Crippen LogP contribution in [0.15, 0.2) is 16.6 Å². The van der Waals surface area contributed by atoms with Gasteiger partial charge in [0.1, 0.15) is 6.10 Å². The molecular weight excluding hydrogens is 346 g/mol. The summed E-state index contributed by atoms with van der Waals surface area (Å²) in [5.41, 5.74) is 0.959. The SMILES string of the molecule is Cc1nc(O[C@H]2C[C@H](O[Si](C)(C)C(C)(C)C)C2)ccc1Br. The number of hydrogen-bond acceptors (Lipinski definition) is 3. The Morgan fingerprint density at radius 1 is 1.19 bits per heavy atom. The monoisotopic (exact) mass is 371 g/mol. The smallest absolute Gasteiger partial charge is 0.213 e. The van der Waals surface area contributed by atoms with Crippen LogP contribution in [-0.4, -0.2) is 25.5 Å². The largest absolute Gasteiger partial charge is 0.474 e. The molecule has 0 aliphatic heterocycles. The molecule has 0 radical (unpaired) electrons. The molecule has 0 aromatic carbocycles. The summed E-state index contributed by atoms with van der Waals surface area (Å²) in [6, 6.07) is 3.90. The van der Waals surface area contributed by atoms with E-state index in [0.29, 0.717) is 12.0 Å². The van der Waals surface area contributed by atoms with Crippen molar-refractivity contribution in [3.05, 3.63) is 22.3 Å². The Kier molecular flexibility index (Phi) is 4.86. The van der Waals surface area contributed by atoms with E-state index in [1.165, 1.54) is 0 Å². The minimum absolute atomic E-state index is 0.243. The zero-order valence-corrected chi connectivity index (χ0v) is 16.5. The molecule has 21 heavy (non-hydrogen) atoms. The van der Waals surface area contributed by atoms with E-state index >= 15 is 0 Å². The molecule has 1 heterocycles. The standard InChI is InChI=1S/C16H26BrNO2Si/c1-11-14(17)7-8-15(18-11)19-12-9-13(10-12)20-21(5,6)16(2,3)4/h7-8,12-13H,9-10H2,1-6H3/t12-,13-. The van der Waals surface area contributed by atoms with E-state index in [9.17, 15) is 0 Å². The summed E-state index contributed by atoms with van der Waals surface area (Å²) in [5.74, 6) is 0.714. The number of pyridine rings is 1. The molecule has 5 heteroatoms. The summed E-state index contributed by atoms with van der Waals surface area (Å²) in [4.78, 5) is 4.43. The predicted octanol–water partition coefficient (Wildman–Crippen LogP) is 5.08. The summed E-state index contributed by atoms with van der Waals surface area (Å²) in [5, 5.41) is 0.267. The molecule has 1 saturated carbocycles. The molecule has 2 rings (SSSR count). The average Bonchev–Trinajstić information content (AvgIpc) is 2.29. The van der Waals surface area contributed by atoms with Crippen molar-refractivity contribution in [2.75, 3.05) is 0 Å². The van der Waals surface area contributed by atoms with Gasteiger partial charge in [0.05, 0.1) is 11.8 Å². The molecule has 1 aromatic heterocycles. The van der Waals surface area contributed by atoms with Gasteiger partial charge in [0.25, 0.3) is 0 Å². The van der Waals surface area contributed by atoms with E-state index in [2.05, 4.69) is 54.8 Å². The summed E-state index contributed by atoms with van der Waals surface area (Å²) >= 11 is 3.45. The molecule has 0 N–H and O–H groups in total. The number of aryl methyl sites for hydroxylation is 1. The minimum Gasteiger partial charge on any atom is -0.474 e. The van der Waals surface area contributed by atoms with Gasteiger partial charge in [-0.3, -0.25) is 0 Å². The van der Waals surface area contributed by atoms with E-state index in [1.54, 1.807) is 0 Å². The molecule has 0 spiro atoms. The van der Waals surface area contributed by atoms with Crippen LogP contribution in [0.25, 0.3) is 0 Å². The molecule has 0 saturated heterocycles. The van der Waals surface area contributed by atoms with Crippen LogP contribution >= 0.6 is 15.9 Å². The van der Waals surface area contributed by atoms with Gasteiger partial charge in [-0.05, 0) is 47.1 Å². The Balaban J connectivity index is 1.83. The molecule has 3 nitrogen and oxygen atoms in total. The van der Waals surface area contributed by atoms with Gasteiger partial charge in [-0.2, -0.15) is 0 Å². The first-order chi connectivity index (χ1) is 9.58. The van der Waals surface area contributed by atoms with Crippen molar-refractivity contribution in [2.24, 2.45) is 0 Å². The Labute approximate surface area is 137 Å². The summed E-state index contributed by atoms with van der Waals surface area (Å²) in [6.07, 6.45) is 2.55. The molecule has 0 unspecified atom stereocenters. The Bertz CT molecular complexity index is 507. The molecular formula is C16H26BrNO2Si. The number of hydrogen-bond donors (Lipinski definition) is 0. The van der Waals surface area contributed by atoms with Crippen molar-refractivity contribution in [2.45, 2.75) is 70.9 Å². The third-order valence-electron chi connectivity index (χ3n) is 4.60. The normalized spacial score (nSPS) is 22.8. The van der Waals surface area contributed by atoms with Crippen molar-refractivity contribution in [1.82, 2.24) is 4.98 Å². The number of aromatic nitrogens is 1. The van der Waals surface area contributed by atoms with E-state index in [-0.39, 0.29) is 11.1 Å². The predicted molar refractivity (Wildman–Crippen MR) is 92.4 cm³/mol. The second-order valence-electron chi connectivity index (χ2n) is 7.43. The molecule has 1 aliphatic rings. The fourth-order valence-electron chi connectivity index (χ4n) is 2.06. The summed E-state index contributed by atoms with van der Waals surface area (Å²) in [6.45, 7) is 13.4. The number of rotatable bonds is 4. The van der Waals surface area contributed by atoms with E-state index < -0.39 is 8.32 Å². The second kappa shape index (κ2) is 6.01. The molecule has 1 aliphatic carbocycles. The van der Waals surface area contributed by atoms with Crippen molar-refractivity contribution in [1.29, 1.82) is 0 Å². The van der Waals surface area contributed by atoms with Crippen molar-refractivity contribution in [3.63, 3.8) is 0 Å². The quantitative estimate of drug-likeness (QED) is 0.691. The van der Waals surface area contributed by atoms with Gasteiger partial charge in [-0.1, -0.05) is 20.8 Å².